The molecular formula is C12H14O6. The Morgan fingerprint density at radius 3 is 2.11 bits per heavy atom. The average molecular weight is 254 g/mol. The number of methoxy groups -OCH3 is 2. The number of esters is 2. The van der Waals surface area contributed by atoms with Crippen molar-refractivity contribution >= 4 is 11.9 Å². The van der Waals surface area contributed by atoms with E-state index in [0.717, 1.165) is 7.11 Å². The SMILES string of the molecule is COC(=O)c1ccc(CO)c(CO)c1C(=O)OC. The van der Waals surface area contributed by atoms with Gasteiger partial charge in [-0.05, 0) is 17.2 Å². The highest BCUT2D eigenvalue weighted by Gasteiger charge is 2.23. The molecule has 0 aliphatic carbocycles. The van der Waals surface area contributed by atoms with E-state index in [9.17, 15) is 14.7 Å². The summed E-state index contributed by atoms with van der Waals surface area (Å²) < 4.78 is 9.13. The van der Waals surface area contributed by atoms with Gasteiger partial charge in [0.1, 0.15) is 0 Å². The molecular weight excluding hydrogens is 240 g/mol. The zero-order valence-electron chi connectivity index (χ0n) is 10.1. The topological polar surface area (TPSA) is 93.1 Å². The highest BCUT2D eigenvalue weighted by Crippen LogP contribution is 2.22. The molecule has 1 aromatic carbocycles. The Balaban J connectivity index is 3.53. The van der Waals surface area contributed by atoms with Gasteiger partial charge < -0.3 is 19.7 Å². The van der Waals surface area contributed by atoms with Crippen LogP contribution in [-0.4, -0.2) is 36.4 Å². The number of ether oxygens (including phenoxy) is 2. The van der Waals surface area contributed by atoms with E-state index < -0.39 is 18.5 Å². The largest absolute Gasteiger partial charge is 0.465 e. The minimum atomic E-state index is -0.769. The highest BCUT2D eigenvalue weighted by molar-refractivity contribution is 6.04. The number of aliphatic hydroxyl groups is 2. The fraction of sp³-hybridized carbons (Fsp3) is 0.333. The Morgan fingerprint density at radius 1 is 1.06 bits per heavy atom. The first-order valence-corrected chi connectivity index (χ1v) is 5.13. The van der Waals surface area contributed by atoms with E-state index in [1.807, 2.05) is 0 Å². The molecule has 0 unspecified atom stereocenters. The minimum Gasteiger partial charge on any atom is -0.465 e. The van der Waals surface area contributed by atoms with Crippen LogP contribution >= 0.6 is 0 Å². The Hall–Kier alpha value is -1.92. The Kier molecular flexibility index (Phi) is 4.82. The van der Waals surface area contributed by atoms with E-state index in [0.29, 0.717) is 5.56 Å². The van der Waals surface area contributed by atoms with Crippen molar-refractivity contribution in [2.75, 3.05) is 14.2 Å². The third kappa shape index (κ3) is 2.49. The summed E-state index contributed by atoms with van der Waals surface area (Å²) in [6.45, 7) is -0.855. The van der Waals surface area contributed by atoms with Crippen molar-refractivity contribution in [3.05, 3.63) is 34.4 Å². The van der Waals surface area contributed by atoms with Gasteiger partial charge in [-0.2, -0.15) is 0 Å². The molecule has 0 atom stereocenters. The molecule has 0 bridgehead atoms. The van der Waals surface area contributed by atoms with E-state index in [1.54, 1.807) is 0 Å². The van der Waals surface area contributed by atoms with E-state index in [4.69, 9.17) is 5.11 Å². The predicted molar refractivity (Wildman–Crippen MR) is 61.0 cm³/mol. The quantitative estimate of drug-likeness (QED) is 0.748. The van der Waals surface area contributed by atoms with E-state index in [1.165, 1.54) is 19.2 Å². The van der Waals surface area contributed by atoms with Crippen LogP contribution in [0.5, 0.6) is 0 Å². The van der Waals surface area contributed by atoms with Crippen LogP contribution in [0.2, 0.25) is 0 Å². The maximum Gasteiger partial charge on any atom is 0.339 e. The fourth-order valence-corrected chi connectivity index (χ4v) is 1.63. The molecule has 0 saturated carbocycles. The first-order chi connectivity index (χ1) is 8.60. The number of hydrogen-bond donors (Lipinski definition) is 2. The molecule has 0 aromatic heterocycles. The van der Waals surface area contributed by atoms with Gasteiger partial charge in [-0.15, -0.1) is 0 Å². The minimum absolute atomic E-state index is 0.00870. The van der Waals surface area contributed by atoms with Crippen LogP contribution in [0.3, 0.4) is 0 Å². The zero-order chi connectivity index (χ0) is 13.7. The molecule has 0 spiro atoms. The van der Waals surface area contributed by atoms with Crippen molar-refractivity contribution in [1.29, 1.82) is 0 Å². The second-order valence-corrected chi connectivity index (χ2v) is 3.43. The van der Waals surface area contributed by atoms with Crippen molar-refractivity contribution in [2.45, 2.75) is 13.2 Å². The van der Waals surface area contributed by atoms with Gasteiger partial charge in [0.25, 0.3) is 0 Å². The molecule has 6 heteroatoms. The molecule has 98 valence electrons. The summed E-state index contributed by atoms with van der Waals surface area (Å²) in [5.41, 5.74) is 0.418. The van der Waals surface area contributed by atoms with Crippen molar-refractivity contribution < 1.29 is 29.3 Å². The molecule has 1 aromatic rings. The van der Waals surface area contributed by atoms with E-state index >= 15 is 0 Å². The lowest BCUT2D eigenvalue weighted by Gasteiger charge is -2.13. The number of rotatable bonds is 4. The lowest BCUT2D eigenvalue weighted by molar-refractivity contribution is 0.0552. The lowest BCUT2D eigenvalue weighted by atomic mass is 9.96. The standard InChI is InChI=1S/C12H14O6/c1-17-11(15)8-4-3-7(5-13)9(6-14)10(8)12(16)18-2/h3-4,13-14H,5-6H2,1-2H3. The molecule has 18 heavy (non-hydrogen) atoms. The molecule has 0 heterocycles. The smallest absolute Gasteiger partial charge is 0.339 e. The van der Waals surface area contributed by atoms with Gasteiger partial charge in [-0.25, -0.2) is 9.59 Å². The first kappa shape index (κ1) is 14.1. The summed E-state index contributed by atoms with van der Waals surface area (Å²) in [7, 11) is 2.35. The molecule has 0 amide bonds. The Morgan fingerprint density at radius 2 is 1.67 bits per heavy atom. The van der Waals surface area contributed by atoms with Gasteiger partial charge in [0, 0.05) is 0 Å². The second kappa shape index (κ2) is 6.13. The highest BCUT2D eigenvalue weighted by atomic mass is 16.5. The van der Waals surface area contributed by atoms with Gasteiger partial charge in [0.05, 0.1) is 38.6 Å². The maximum absolute atomic E-state index is 11.7. The summed E-state index contributed by atoms with van der Waals surface area (Å²) in [4.78, 5) is 23.2. The van der Waals surface area contributed by atoms with Crippen LogP contribution in [0.1, 0.15) is 31.8 Å². The number of carbonyl (C=O) groups excluding carboxylic acids is 2. The zero-order valence-corrected chi connectivity index (χ0v) is 10.1. The summed E-state index contributed by atoms with van der Waals surface area (Å²) in [5, 5.41) is 18.4. The van der Waals surface area contributed by atoms with Gasteiger partial charge >= 0.3 is 11.9 Å². The summed E-state index contributed by atoms with van der Waals surface area (Å²) in [6.07, 6.45) is 0. The number of benzene rings is 1. The summed E-state index contributed by atoms with van der Waals surface area (Å²) in [6, 6.07) is 2.80. The fourth-order valence-electron chi connectivity index (χ4n) is 1.63. The van der Waals surface area contributed by atoms with E-state index in [-0.39, 0.29) is 23.3 Å². The normalized spacial score (nSPS) is 10.0. The van der Waals surface area contributed by atoms with Crippen LogP contribution < -0.4 is 0 Å². The average Bonchev–Trinajstić information content (AvgIpc) is 2.43. The van der Waals surface area contributed by atoms with Crippen LogP contribution in [0.4, 0.5) is 0 Å². The number of hydrogen-bond acceptors (Lipinski definition) is 6. The molecule has 0 aliphatic rings. The Labute approximate surface area is 104 Å². The van der Waals surface area contributed by atoms with Crippen molar-refractivity contribution in [1.82, 2.24) is 0 Å². The molecule has 6 nitrogen and oxygen atoms in total. The molecule has 1 rings (SSSR count). The second-order valence-electron chi connectivity index (χ2n) is 3.43. The van der Waals surface area contributed by atoms with Gasteiger partial charge in [0.15, 0.2) is 0 Å². The van der Waals surface area contributed by atoms with Gasteiger partial charge in [-0.1, -0.05) is 6.07 Å². The van der Waals surface area contributed by atoms with Crippen LogP contribution in [0.15, 0.2) is 12.1 Å². The van der Waals surface area contributed by atoms with Crippen LogP contribution in [0, 0.1) is 0 Å². The molecule has 0 radical (unpaired) electrons. The maximum atomic E-state index is 11.7. The van der Waals surface area contributed by atoms with Crippen molar-refractivity contribution in [3.8, 4) is 0 Å². The molecule has 0 saturated heterocycles. The van der Waals surface area contributed by atoms with Gasteiger partial charge in [0.2, 0.25) is 0 Å². The molecule has 0 aliphatic heterocycles. The third-order valence-electron chi connectivity index (χ3n) is 2.53. The molecule has 2 N–H and O–H groups in total. The van der Waals surface area contributed by atoms with Crippen molar-refractivity contribution in [2.24, 2.45) is 0 Å². The van der Waals surface area contributed by atoms with Crippen molar-refractivity contribution in [3.63, 3.8) is 0 Å². The third-order valence-corrected chi connectivity index (χ3v) is 2.53. The summed E-state index contributed by atoms with van der Waals surface area (Å²) in [5.74, 6) is -1.48. The monoisotopic (exact) mass is 254 g/mol. The first-order valence-electron chi connectivity index (χ1n) is 5.13. The number of carbonyl (C=O) groups is 2. The molecule has 0 fully saturated rings. The van der Waals surface area contributed by atoms with Crippen LogP contribution in [0.25, 0.3) is 0 Å². The van der Waals surface area contributed by atoms with Gasteiger partial charge in [-0.3, -0.25) is 0 Å². The summed E-state index contributed by atoms with van der Waals surface area (Å²) >= 11 is 0. The van der Waals surface area contributed by atoms with Crippen LogP contribution in [-0.2, 0) is 22.7 Å². The number of aliphatic hydroxyl groups excluding tert-OH is 2. The predicted octanol–water partition coefficient (Wildman–Crippen LogP) is 0.244. The van der Waals surface area contributed by atoms with E-state index in [2.05, 4.69) is 9.47 Å². The Bertz CT molecular complexity index is 466. The lowest BCUT2D eigenvalue weighted by Crippen LogP contribution is -2.16.